The van der Waals surface area contributed by atoms with Crippen LogP contribution in [-0.4, -0.2) is 26.5 Å². The first-order chi connectivity index (χ1) is 6.40. The lowest BCUT2D eigenvalue weighted by Gasteiger charge is -1.98. The van der Waals surface area contributed by atoms with Gasteiger partial charge in [0, 0.05) is 0 Å². The fraction of sp³-hybridized carbons (Fsp3) is 0.125. The molecule has 0 radical (unpaired) electrons. The number of hydrogen-bond acceptors (Lipinski definition) is 4. The largest absolute Gasteiger partial charge is 0.459 e. The molecule has 0 atom stereocenters. The Hall–Kier alpha value is -1.91. The average Bonchev–Trinajstić information content (AvgIpc) is 2.61. The topological polar surface area (TPSA) is 63.7 Å². The molecule has 0 amide bonds. The van der Waals surface area contributed by atoms with Crippen LogP contribution in [-0.2, 0) is 0 Å². The number of aromatic amines is 1. The summed E-state index contributed by atoms with van der Waals surface area (Å²) in [4.78, 5) is 14.9. The van der Waals surface area contributed by atoms with E-state index in [0.29, 0.717) is 18.3 Å². The van der Waals surface area contributed by atoms with E-state index in [4.69, 9.17) is 4.74 Å². The maximum Gasteiger partial charge on any atom is 0.318 e. The molecule has 0 aromatic carbocycles. The molecule has 2 heterocycles. The lowest BCUT2D eigenvalue weighted by molar-refractivity contribution is 0.334. The molecule has 0 saturated heterocycles. The van der Waals surface area contributed by atoms with Crippen molar-refractivity contribution in [2.24, 2.45) is 0 Å². The van der Waals surface area contributed by atoms with E-state index in [1.807, 2.05) is 0 Å². The maximum absolute atomic E-state index is 5.14. The molecule has 0 fully saturated rings. The van der Waals surface area contributed by atoms with Crippen LogP contribution in [0.2, 0.25) is 0 Å². The number of nitrogens with one attached hydrogen (secondary N) is 1. The Morgan fingerprint density at radius 1 is 1.54 bits per heavy atom. The van der Waals surface area contributed by atoms with Gasteiger partial charge in [0.2, 0.25) is 0 Å². The molecule has 5 heteroatoms. The summed E-state index contributed by atoms with van der Waals surface area (Å²) in [5, 5.41) is 0. The molecule has 2 aromatic heterocycles. The first-order valence-corrected chi connectivity index (χ1v) is 3.80. The van der Waals surface area contributed by atoms with E-state index in [1.165, 1.54) is 0 Å². The molecular weight excluding hydrogens is 168 g/mol. The summed E-state index contributed by atoms with van der Waals surface area (Å²) in [5.41, 5.74) is 1.40. The van der Waals surface area contributed by atoms with Gasteiger partial charge in [-0.15, -0.1) is 0 Å². The molecular formula is C8H8N4O. The van der Waals surface area contributed by atoms with Gasteiger partial charge in [0.1, 0.15) is 12.1 Å². The van der Waals surface area contributed by atoms with Crippen molar-refractivity contribution >= 4 is 11.2 Å². The minimum atomic E-state index is 0.319. The Balaban J connectivity index is 2.31. The van der Waals surface area contributed by atoms with Gasteiger partial charge >= 0.3 is 6.01 Å². The van der Waals surface area contributed by atoms with E-state index >= 15 is 0 Å². The maximum atomic E-state index is 5.14. The first-order valence-electron chi connectivity index (χ1n) is 3.80. The van der Waals surface area contributed by atoms with Crippen LogP contribution < -0.4 is 4.74 Å². The Bertz CT molecular complexity index is 423. The van der Waals surface area contributed by atoms with E-state index in [1.54, 1.807) is 18.6 Å². The van der Waals surface area contributed by atoms with Crippen LogP contribution in [0.1, 0.15) is 0 Å². The van der Waals surface area contributed by atoms with Crippen LogP contribution in [0, 0.1) is 0 Å². The zero-order valence-corrected chi connectivity index (χ0v) is 6.90. The van der Waals surface area contributed by atoms with Gasteiger partial charge in [-0.3, -0.25) is 0 Å². The van der Waals surface area contributed by atoms with Crippen molar-refractivity contribution < 1.29 is 4.74 Å². The van der Waals surface area contributed by atoms with Crippen molar-refractivity contribution in [1.29, 1.82) is 0 Å². The van der Waals surface area contributed by atoms with Crippen LogP contribution in [0.25, 0.3) is 11.2 Å². The molecule has 0 saturated carbocycles. The van der Waals surface area contributed by atoms with Gasteiger partial charge < -0.3 is 9.72 Å². The van der Waals surface area contributed by atoms with Crippen molar-refractivity contribution in [3.05, 3.63) is 25.2 Å². The number of ether oxygens (including phenoxy) is 1. The van der Waals surface area contributed by atoms with Crippen molar-refractivity contribution in [2.45, 2.75) is 0 Å². The molecule has 1 N–H and O–H groups in total. The highest BCUT2D eigenvalue weighted by atomic mass is 16.5. The van der Waals surface area contributed by atoms with Gasteiger partial charge in [0.05, 0.1) is 12.5 Å². The van der Waals surface area contributed by atoms with Gasteiger partial charge in [-0.1, -0.05) is 12.7 Å². The predicted molar refractivity (Wildman–Crippen MR) is 47.4 cm³/mol. The van der Waals surface area contributed by atoms with Crippen molar-refractivity contribution in [2.75, 3.05) is 6.61 Å². The van der Waals surface area contributed by atoms with Crippen LogP contribution in [0.3, 0.4) is 0 Å². The van der Waals surface area contributed by atoms with Crippen LogP contribution in [0.15, 0.2) is 25.2 Å². The highest BCUT2D eigenvalue weighted by Crippen LogP contribution is 2.08. The SMILES string of the molecule is C=CCOc1ncc2[nH]cnc2n1. The third kappa shape index (κ3) is 1.48. The number of nitrogens with zero attached hydrogens (tertiary/aromatic N) is 3. The highest BCUT2D eigenvalue weighted by molar-refractivity contribution is 5.68. The quantitative estimate of drug-likeness (QED) is 0.706. The predicted octanol–water partition coefficient (Wildman–Crippen LogP) is 0.918. The monoisotopic (exact) mass is 176 g/mol. The van der Waals surface area contributed by atoms with E-state index in [0.717, 1.165) is 5.52 Å². The zero-order chi connectivity index (χ0) is 9.10. The van der Waals surface area contributed by atoms with Crippen molar-refractivity contribution in [3.8, 4) is 6.01 Å². The number of fused-ring (bicyclic) bond motifs is 1. The molecule has 0 unspecified atom stereocenters. The molecule has 66 valence electrons. The van der Waals surface area contributed by atoms with Gasteiger partial charge in [-0.25, -0.2) is 9.97 Å². The normalized spacial score (nSPS) is 10.2. The summed E-state index contributed by atoms with van der Waals surface area (Å²) in [7, 11) is 0. The third-order valence-electron chi connectivity index (χ3n) is 1.48. The number of hydrogen-bond donors (Lipinski definition) is 1. The Kier molecular flexibility index (Phi) is 1.91. The molecule has 0 spiro atoms. The minimum absolute atomic E-state index is 0.319. The standard InChI is InChI=1S/C8H8N4O/c1-2-3-13-8-9-4-6-7(12-8)11-5-10-6/h2,4-5H,1,3H2,(H,9,10,11,12). The second kappa shape index (κ2) is 3.22. The fourth-order valence-electron chi connectivity index (χ4n) is 0.923. The highest BCUT2D eigenvalue weighted by Gasteiger charge is 2.00. The fourth-order valence-corrected chi connectivity index (χ4v) is 0.923. The third-order valence-corrected chi connectivity index (χ3v) is 1.48. The van der Waals surface area contributed by atoms with Gasteiger partial charge in [-0.2, -0.15) is 4.98 Å². The van der Waals surface area contributed by atoms with Crippen molar-refractivity contribution in [3.63, 3.8) is 0 Å². The molecule has 13 heavy (non-hydrogen) atoms. The lowest BCUT2D eigenvalue weighted by Crippen LogP contribution is -1.97. The first kappa shape index (κ1) is 7.72. The lowest BCUT2D eigenvalue weighted by atomic mass is 10.6. The second-order valence-corrected chi connectivity index (χ2v) is 2.39. The van der Waals surface area contributed by atoms with Crippen molar-refractivity contribution in [1.82, 2.24) is 19.9 Å². The molecule has 5 nitrogen and oxygen atoms in total. The molecule has 0 aliphatic rings. The molecule has 2 aromatic rings. The zero-order valence-electron chi connectivity index (χ0n) is 6.90. The van der Waals surface area contributed by atoms with Crippen LogP contribution >= 0.6 is 0 Å². The minimum Gasteiger partial charge on any atom is -0.459 e. The van der Waals surface area contributed by atoms with Gasteiger partial charge in [-0.05, 0) is 0 Å². The number of aromatic nitrogens is 4. The molecule has 0 bridgehead atoms. The number of imidazole rings is 1. The summed E-state index contributed by atoms with van der Waals surface area (Å²) >= 11 is 0. The summed E-state index contributed by atoms with van der Waals surface area (Å²) in [6, 6.07) is 0.319. The average molecular weight is 176 g/mol. The van der Waals surface area contributed by atoms with E-state index < -0.39 is 0 Å². The molecule has 2 rings (SSSR count). The van der Waals surface area contributed by atoms with Gasteiger partial charge in [0.25, 0.3) is 0 Å². The Morgan fingerprint density at radius 3 is 3.31 bits per heavy atom. The number of rotatable bonds is 3. The van der Waals surface area contributed by atoms with E-state index in [2.05, 4.69) is 26.5 Å². The molecule has 0 aliphatic heterocycles. The Labute approximate surface area is 74.5 Å². The van der Waals surface area contributed by atoms with E-state index in [9.17, 15) is 0 Å². The molecule has 0 aliphatic carbocycles. The summed E-state index contributed by atoms with van der Waals surface area (Å²) in [5.74, 6) is 0. The second-order valence-electron chi connectivity index (χ2n) is 2.39. The van der Waals surface area contributed by atoms with Gasteiger partial charge in [0.15, 0.2) is 5.65 Å². The van der Waals surface area contributed by atoms with E-state index in [-0.39, 0.29) is 0 Å². The summed E-state index contributed by atoms with van der Waals surface area (Å²) in [6.45, 7) is 3.92. The smallest absolute Gasteiger partial charge is 0.318 e. The van der Waals surface area contributed by atoms with Crippen LogP contribution in [0.4, 0.5) is 0 Å². The Morgan fingerprint density at radius 2 is 2.46 bits per heavy atom. The van der Waals surface area contributed by atoms with Crippen LogP contribution in [0.5, 0.6) is 6.01 Å². The summed E-state index contributed by atoms with van der Waals surface area (Å²) in [6.07, 6.45) is 4.84. The summed E-state index contributed by atoms with van der Waals surface area (Å²) < 4.78 is 5.14. The number of H-pyrrole nitrogens is 1.